The van der Waals surface area contributed by atoms with Crippen LogP contribution in [0.1, 0.15) is 71.3 Å². The first-order valence-electron chi connectivity index (χ1n) is 9.17. The van der Waals surface area contributed by atoms with Gasteiger partial charge in [-0.1, -0.05) is 40.3 Å². The van der Waals surface area contributed by atoms with Crippen LogP contribution in [0.15, 0.2) is 30.4 Å². The molecule has 136 valence electrons. The Morgan fingerprint density at radius 2 is 1.92 bits per heavy atom. The Kier molecular flexibility index (Phi) is 9.05. The van der Waals surface area contributed by atoms with Crippen molar-refractivity contribution in [3.05, 3.63) is 41.7 Å². The number of halogens is 1. The van der Waals surface area contributed by atoms with Gasteiger partial charge in [0.15, 0.2) is 0 Å². The molecule has 0 amide bonds. The Labute approximate surface area is 147 Å². The van der Waals surface area contributed by atoms with Crippen molar-refractivity contribution in [3.63, 3.8) is 0 Å². The van der Waals surface area contributed by atoms with E-state index in [1.165, 1.54) is 6.07 Å². The van der Waals surface area contributed by atoms with Crippen LogP contribution in [0.25, 0.3) is 0 Å². The van der Waals surface area contributed by atoms with Gasteiger partial charge in [0.2, 0.25) is 0 Å². The highest BCUT2D eigenvalue weighted by atomic mass is 19.1. The average Bonchev–Trinajstić information content (AvgIpc) is 2.55. The Bertz CT molecular complexity index is 513. The molecular weight excluding hydrogens is 301 g/mol. The number of nitrogens with two attached hydrogens (primary N) is 1. The quantitative estimate of drug-likeness (QED) is 0.517. The van der Waals surface area contributed by atoms with Crippen molar-refractivity contribution in [2.75, 3.05) is 6.61 Å². The zero-order chi connectivity index (χ0) is 18.1. The highest BCUT2D eigenvalue weighted by Crippen LogP contribution is 2.23. The highest BCUT2D eigenvalue weighted by Gasteiger charge is 2.09. The second kappa shape index (κ2) is 10.5. The molecule has 0 fully saturated rings. The fraction of sp³-hybridized carbons (Fsp3) is 0.619. The Morgan fingerprint density at radius 1 is 1.21 bits per heavy atom. The van der Waals surface area contributed by atoms with Crippen LogP contribution < -0.4 is 10.5 Å². The van der Waals surface area contributed by atoms with Crippen LogP contribution in [0, 0.1) is 11.7 Å². The molecule has 0 heterocycles. The zero-order valence-electron chi connectivity index (χ0n) is 15.8. The molecule has 2 nitrogen and oxygen atoms in total. The first kappa shape index (κ1) is 20.7. The van der Waals surface area contributed by atoms with E-state index in [9.17, 15) is 4.39 Å². The summed E-state index contributed by atoms with van der Waals surface area (Å²) >= 11 is 0. The maximum Gasteiger partial charge on any atom is 0.130 e. The minimum atomic E-state index is -0.200. The Balaban J connectivity index is 2.32. The standard InChI is InChI=1S/C21H34FNO/c1-6-18(23)10-9-16(4)7-8-17(5)14-24-19-11-12-20(15(2)3)21(22)13-19/h11-13,15-16,18H,5-10,14,23H2,1-4H3. The first-order valence-corrected chi connectivity index (χ1v) is 9.17. The van der Waals surface area contributed by atoms with Crippen LogP contribution in [0.3, 0.4) is 0 Å². The van der Waals surface area contributed by atoms with Gasteiger partial charge in [0.1, 0.15) is 18.2 Å². The summed E-state index contributed by atoms with van der Waals surface area (Å²) in [6, 6.07) is 5.43. The summed E-state index contributed by atoms with van der Waals surface area (Å²) in [5.41, 5.74) is 7.74. The smallest absolute Gasteiger partial charge is 0.130 e. The summed E-state index contributed by atoms with van der Waals surface area (Å²) in [6.07, 6.45) is 5.32. The molecule has 0 bridgehead atoms. The number of rotatable bonds is 11. The van der Waals surface area contributed by atoms with Gasteiger partial charge in [-0.05, 0) is 61.1 Å². The predicted octanol–water partition coefficient (Wildman–Crippen LogP) is 5.82. The van der Waals surface area contributed by atoms with Crippen LogP contribution in [-0.4, -0.2) is 12.6 Å². The molecule has 2 unspecified atom stereocenters. The van der Waals surface area contributed by atoms with E-state index in [0.717, 1.165) is 43.2 Å². The molecule has 0 radical (unpaired) electrons. The molecular formula is C21H34FNO. The van der Waals surface area contributed by atoms with Gasteiger partial charge in [0.05, 0.1) is 0 Å². The lowest BCUT2D eigenvalue weighted by Crippen LogP contribution is -2.19. The summed E-state index contributed by atoms with van der Waals surface area (Å²) in [5.74, 6) is 1.19. The van der Waals surface area contributed by atoms with Crippen molar-refractivity contribution >= 4 is 0 Å². The van der Waals surface area contributed by atoms with E-state index < -0.39 is 0 Å². The Hall–Kier alpha value is -1.35. The van der Waals surface area contributed by atoms with Gasteiger partial charge in [0.25, 0.3) is 0 Å². The summed E-state index contributed by atoms with van der Waals surface area (Å²) in [4.78, 5) is 0. The molecule has 3 heteroatoms. The number of hydrogen-bond donors (Lipinski definition) is 1. The van der Waals surface area contributed by atoms with Gasteiger partial charge in [-0.15, -0.1) is 0 Å². The van der Waals surface area contributed by atoms with Gasteiger partial charge < -0.3 is 10.5 Å². The maximum absolute atomic E-state index is 13.9. The molecule has 24 heavy (non-hydrogen) atoms. The molecule has 0 saturated heterocycles. The summed E-state index contributed by atoms with van der Waals surface area (Å²) < 4.78 is 19.6. The average molecular weight is 336 g/mol. The predicted molar refractivity (Wildman–Crippen MR) is 101 cm³/mol. The van der Waals surface area contributed by atoms with E-state index in [1.54, 1.807) is 6.07 Å². The molecule has 0 aliphatic carbocycles. The van der Waals surface area contributed by atoms with E-state index in [2.05, 4.69) is 20.4 Å². The molecule has 0 aromatic heterocycles. The van der Waals surface area contributed by atoms with E-state index >= 15 is 0 Å². The third-order valence-electron chi connectivity index (χ3n) is 4.58. The second-order valence-corrected chi connectivity index (χ2v) is 7.27. The van der Waals surface area contributed by atoms with Crippen LogP contribution >= 0.6 is 0 Å². The third kappa shape index (κ3) is 7.48. The van der Waals surface area contributed by atoms with Crippen molar-refractivity contribution in [1.82, 2.24) is 0 Å². The summed E-state index contributed by atoms with van der Waals surface area (Å²) in [5, 5.41) is 0. The van der Waals surface area contributed by atoms with Crippen LogP contribution in [0.5, 0.6) is 5.75 Å². The monoisotopic (exact) mass is 335 g/mol. The molecule has 0 saturated carbocycles. The second-order valence-electron chi connectivity index (χ2n) is 7.27. The summed E-state index contributed by atoms with van der Waals surface area (Å²) in [7, 11) is 0. The normalized spacial score (nSPS) is 13.8. The molecule has 0 aliphatic heterocycles. The first-order chi connectivity index (χ1) is 11.3. The number of benzene rings is 1. The molecule has 1 aromatic rings. The van der Waals surface area contributed by atoms with Crippen molar-refractivity contribution in [2.24, 2.45) is 11.7 Å². The summed E-state index contributed by atoms with van der Waals surface area (Å²) in [6.45, 7) is 12.9. The lowest BCUT2D eigenvalue weighted by molar-refractivity contribution is 0.340. The Morgan fingerprint density at radius 3 is 2.50 bits per heavy atom. The number of ether oxygens (including phenoxy) is 1. The van der Waals surface area contributed by atoms with Crippen molar-refractivity contribution in [3.8, 4) is 5.75 Å². The van der Waals surface area contributed by atoms with Gasteiger partial charge in [-0.2, -0.15) is 0 Å². The molecule has 1 aromatic carbocycles. The minimum absolute atomic E-state index is 0.177. The SMILES string of the molecule is C=C(CCC(C)CCC(N)CC)COc1ccc(C(C)C)c(F)c1. The molecule has 1 rings (SSSR count). The number of hydrogen-bond acceptors (Lipinski definition) is 2. The van der Waals surface area contributed by atoms with Crippen LogP contribution in [-0.2, 0) is 0 Å². The largest absolute Gasteiger partial charge is 0.489 e. The van der Waals surface area contributed by atoms with Crippen molar-refractivity contribution < 1.29 is 9.13 Å². The lowest BCUT2D eigenvalue weighted by Gasteiger charge is -2.15. The van der Waals surface area contributed by atoms with E-state index in [1.807, 2.05) is 19.9 Å². The van der Waals surface area contributed by atoms with Crippen LogP contribution in [0.2, 0.25) is 0 Å². The molecule has 2 N–H and O–H groups in total. The lowest BCUT2D eigenvalue weighted by atomic mass is 9.95. The zero-order valence-corrected chi connectivity index (χ0v) is 15.8. The minimum Gasteiger partial charge on any atom is -0.489 e. The van der Waals surface area contributed by atoms with Crippen molar-refractivity contribution in [2.45, 2.75) is 71.8 Å². The third-order valence-corrected chi connectivity index (χ3v) is 4.58. The van der Waals surface area contributed by atoms with Gasteiger partial charge in [-0.3, -0.25) is 0 Å². The maximum atomic E-state index is 13.9. The topological polar surface area (TPSA) is 35.2 Å². The fourth-order valence-electron chi connectivity index (χ4n) is 2.62. The van der Waals surface area contributed by atoms with E-state index in [0.29, 0.717) is 24.3 Å². The van der Waals surface area contributed by atoms with Gasteiger partial charge >= 0.3 is 0 Å². The fourth-order valence-corrected chi connectivity index (χ4v) is 2.62. The van der Waals surface area contributed by atoms with E-state index in [4.69, 9.17) is 10.5 Å². The van der Waals surface area contributed by atoms with Crippen molar-refractivity contribution in [1.29, 1.82) is 0 Å². The van der Waals surface area contributed by atoms with Gasteiger partial charge in [0, 0.05) is 12.1 Å². The van der Waals surface area contributed by atoms with Gasteiger partial charge in [-0.25, -0.2) is 4.39 Å². The molecule has 0 aliphatic rings. The van der Waals surface area contributed by atoms with E-state index in [-0.39, 0.29) is 11.7 Å². The van der Waals surface area contributed by atoms with Crippen LogP contribution in [0.4, 0.5) is 4.39 Å². The molecule has 2 atom stereocenters. The highest BCUT2D eigenvalue weighted by molar-refractivity contribution is 5.30. The molecule has 0 spiro atoms.